The molecule has 0 aliphatic rings. The summed E-state index contributed by atoms with van der Waals surface area (Å²) in [5, 5.41) is 3.88. The van der Waals surface area contributed by atoms with E-state index >= 15 is 0 Å². The van der Waals surface area contributed by atoms with Gasteiger partial charge in [-0.15, -0.1) is 0 Å². The molecule has 0 bridgehead atoms. The molecule has 1 N–H and O–H groups in total. The Hall–Kier alpha value is -0.580. The Labute approximate surface area is 127 Å². The lowest BCUT2D eigenvalue weighted by Crippen LogP contribution is -1.99. The lowest BCUT2D eigenvalue weighted by atomic mass is 10.2. The zero-order valence-corrected chi connectivity index (χ0v) is 13.1. The molecule has 0 radical (unpaired) electrons. The summed E-state index contributed by atoms with van der Waals surface area (Å²) in [6.07, 6.45) is 0. The first-order valence-electron chi connectivity index (χ1n) is 5.19. The Kier molecular flexibility index (Phi) is 4.65. The van der Waals surface area contributed by atoms with Crippen molar-refractivity contribution in [2.24, 2.45) is 0 Å². The van der Waals surface area contributed by atoms with Crippen molar-refractivity contribution in [2.75, 3.05) is 5.32 Å². The monoisotopic (exact) mass is 391 g/mol. The molecule has 0 atom stereocenters. The predicted molar refractivity (Wildman–Crippen MR) is 80.6 cm³/mol. The molecule has 94 valence electrons. The smallest absolute Gasteiger partial charge is 0.137 e. The fourth-order valence-corrected chi connectivity index (χ4v) is 2.29. The number of hydrogen-bond acceptors (Lipinski definition) is 1. The highest BCUT2D eigenvalue weighted by molar-refractivity contribution is 9.10. The Morgan fingerprint density at radius 1 is 1.06 bits per heavy atom. The van der Waals surface area contributed by atoms with Crippen LogP contribution in [0.2, 0.25) is 5.02 Å². The van der Waals surface area contributed by atoms with Crippen LogP contribution < -0.4 is 5.32 Å². The third-order valence-corrected chi connectivity index (χ3v) is 4.24. The Morgan fingerprint density at radius 3 is 2.50 bits per heavy atom. The molecule has 0 aromatic heterocycles. The number of hydrogen-bond donors (Lipinski definition) is 1. The summed E-state index contributed by atoms with van der Waals surface area (Å²) in [4.78, 5) is 0. The van der Waals surface area contributed by atoms with Crippen LogP contribution in [0.15, 0.2) is 45.3 Å². The first kappa shape index (κ1) is 13.8. The summed E-state index contributed by atoms with van der Waals surface area (Å²) < 4.78 is 14.4. The highest BCUT2D eigenvalue weighted by atomic mass is 79.9. The van der Waals surface area contributed by atoms with Crippen LogP contribution in [0.3, 0.4) is 0 Å². The topological polar surface area (TPSA) is 12.0 Å². The van der Waals surface area contributed by atoms with E-state index in [-0.39, 0.29) is 5.82 Å². The molecule has 0 aliphatic carbocycles. The van der Waals surface area contributed by atoms with Gasteiger partial charge < -0.3 is 5.32 Å². The minimum absolute atomic E-state index is 0.271. The first-order chi connectivity index (χ1) is 8.56. The van der Waals surface area contributed by atoms with Crippen LogP contribution in [0, 0.1) is 5.82 Å². The van der Waals surface area contributed by atoms with Crippen molar-refractivity contribution in [3.05, 3.63) is 61.7 Å². The fraction of sp³-hybridized carbons (Fsp3) is 0.0769. The van der Waals surface area contributed by atoms with Crippen LogP contribution >= 0.6 is 43.5 Å². The third-order valence-electron chi connectivity index (χ3n) is 2.40. The van der Waals surface area contributed by atoms with Gasteiger partial charge >= 0.3 is 0 Å². The van der Waals surface area contributed by atoms with Gasteiger partial charge in [0.2, 0.25) is 0 Å². The third kappa shape index (κ3) is 3.46. The van der Waals surface area contributed by atoms with Gasteiger partial charge in [-0.2, -0.15) is 0 Å². The Morgan fingerprint density at radius 2 is 1.83 bits per heavy atom. The molecule has 0 saturated heterocycles. The molecule has 5 heteroatoms. The van der Waals surface area contributed by atoms with Crippen LogP contribution in [0.25, 0.3) is 0 Å². The highest BCUT2D eigenvalue weighted by Crippen LogP contribution is 2.24. The van der Waals surface area contributed by atoms with E-state index < -0.39 is 0 Å². The van der Waals surface area contributed by atoms with Gasteiger partial charge in [-0.1, -0.05) is 17.7 Å². The Bertz CT molecular complexity index is 523. The molecule has 18 heavy (non-hydrogen) atoms. The van der Waals surface area contributed by atoms with Crippen molar-refractivity contribution in [3.8, 4) is 0 Å². The average Bonchev–Trinajstić information content (AvgIpc) is 2.35. The molecule has 0 amide bonds. The maximum Gasteiger partial charge on any atom is 0.137 e. The first-order valence-corrected chi connectivity index (χ1v) is 7.15. The van der Waals surface area contributed by atoms with Crippen molar-refractivity contribution in [2.45, 2.75) is 6.54 Å². The van der Waals surface area contributed by atoms with E-state index in [4.69, 9.17) is 11.6 Å². The van der Waals surface area contributed by atoms with Gasteiger partial charge in [-0.25, -0.2) is 4.39 Å². The van der Waals surface area contributed by atoms with E-state index in [1.807, 2.05) is 18.2 Å². The van der Waals surface area contributed by atoms with Gasteiger partial charge in [0.15, 0.2) is 0 Å². The second-order valence-corrected chi connectivity index (χ2v) is 5.85. The standard InChI is InChI=1S/C13H9Br2ClFN/c14-10-3-1-8(5-12(10)16)7-18-9-2-4-13(17)11(15)6-9/h1-6,18H,7H2. The molecular weight excluding hydrogens is 384 g/mol. The van der Waals surface area contributed by atoms with Crippen molar-refractivity contribution < 1.29 is 4.39 Å². The number of benzene rings is 2. The summed E-state index contributed by atoms with van der Waals surface area (Å²) in [6, 6.07) is 10.6. The van der Waals surface area contributed by atoms with Crippen molar-refractivity contribution >= 4 is 49.1 Å². The van der Waals surface area contributed by atoms with Crippen LogP contribution in [0.4, 0.5) is 10.1 Å². The van der Waals surface area contributed by atoms with Crippen molar-refractivity contribution in [3.63, 3.8) is 0 Å². The molecule has 0 aliphatic heterocycles. The molecule has 0 heterocycles. The molecule has 2 aromatic rings. The predicted octanol–water partition coefficient (Wildman–Crippen LogP) is 5.62. The SMILES string of the molecule is Fc1ccc(NCc2ccc(Br)c(Cl)c2)cc1Br. The molecule has 2 aromatic carbocycles. The molecule has 0 saturated carbocycles. The number of anilines is 1. The van der Waals surface area contributed by atoms with Gasteiger partial charge in [0, 0.05) is 16.7 Å². The lowest BCUT2D eigenvalue weighted by Gasteiger charge is -2.08. The lowest BCUT2D eigenvalue weighted by molar-refractivity contribution is 0.621. The van der Waals surface area contributed by atoms with Gasteiger partial charge in [-0.3, -0.25) is 0 Å². The van der Waals surface area contributed by atoms with Crippen LogP contribution in [0.1, 0.15) is 5.56 Å². The second-order valence-electron chi connectivity index (χ2n) is 3.73. The molecule has 0 spiro atoms. The summed E-state index contributed by atoms with van der Waals surface area (Å²) in [6.45, 7) is 0.630. The summed E-state index contributed by atoms with van der Waals surface area (Å²) in [5.41, 5.74) is 1.91. The van der Waals surface area contributed by atoms with E-state index in [9.17, 15) is 4.39 Å². The largest absolute Gasteiger partial charge is 0.381 e. The van der Waals surface area contributed by atoms with E-state index in [2.05, 4.69) is 37.2 Å². The quantitative estimate of drug-likeness (QED) is 0.714. The van der Waals surface area contributed by atoms with Gasteiger partial charge in [0.05, 0.1) is 9.50 Å². The van der Waals surface area contributed by atoms with Gasteiger partial charge in [0.1, 0.15) is 5.82 Å². The van der Waals surface area contributed by atoms with E-state index in [1.165, 1.54) is 6.07 Å². The summed E-state index contributed by atoms with van der Waals surface area (Å²) >= 11 is 12.5. The molecular formula is C13H9Br2ClFN. The molecule has 1 nitrogen and oxygen atoms in total. The maximum atomic E-state index is 13.1. The zero-order valence-electron chi connectivity index (χ0n) is 9.18. The highest BCUT2D eigenvalue weighted by Gasteiger charge is 2.02. The van der Waals surface area contributed by atoms with E-state index in [1.54, 1.807) is 12.1 Å². The van der Waals surface area contributed by atoms with E-state index in [0.29, 0.717) is 16.0 Å². The van der Waals surface area contributed by atoms with Gasteiger partial charge in [-0.05, 0) is 67.8 Å². The second kappa shape index (κ2) is 6.04. The summed E-state index contributed by atoms with van der Waals surface area (Å²) in [5.74, 6) is -0.271. The molecule has 0 unspecified atom stereocenters. The number of halogens is 4. The van der Waals surface area contributed by atoms with Crippen molar-refractivity contribution in [1.29, 1.82) is 0 Å². The minimum Gasteiger partial charge on any atom is -0.381 e. The van der Waals surface area contributed by atoms with E-state index in [0.717, 1.165) is 15.7 Å². The maximum absolute atomic E-state index is 13.1. The van der Waals surface area contributed by atoms with Gasteiger partial charge in [0.25, 0.3) is 0 Å². The van der Waals surface area contributed by atoms with Crippen LogP contribution in [-0.2, 0) is 6.54 Å². The fourth-order valence-electron chi connectivity index (χ4n) is 1.46. The molecule has 0 fully saturated rings. The average molecular weight is 393 g/mol. The van der Waals surface area contributed by atoms with Crippen molar-refractivity contribution in [1.82, 2.24) is 0 Å². The minimum atomic E-state index is -0.271. The number of rotatable bonds is 3. The van der Waals surface area contributed by atoms with Crippen LogP contribution in [0.5, 0.6) is 0 Å². The Balaban J connectivity index is 2.06. The number of nitrogens with one attached hydrogen (secondary N) is 1. The zero-order chi connectivity index (χ0) is 13.1. The molecule has 2 rings (SSSR count). The van der Waals surface area contributed by atoms with Crippen LogP contribution in [-0.4, -0.2) is 0 Å². The normalized spacial score (nSPS) is 10.4. The summed E-state index contributed by atoms with van der Waals surface area (Å²) in [7, 11) is 0.